The number of carbonyl (C=O) groups is 3. The molecule has 2 N–H and O–H groups in total. The Hall–Kier alpha value is -4.71. The minimum Gasteiger partial charge on any atom is -0.483 e. The number of hydrogen-bond donors (Lipinski definition) is 2. The topological polar surface area (TPSA) is 84.5 Å². The average molecular weight is 465 g/mol. The van der Waals surface area contributed by atoms with E-state index >= 15 is 0 Å². The van der Waals surface area contributed by atoms with Gasteiger partial charge < -0.3 is 15.4 Å². The SMILES string of the molecule is O=C(COc1ccccc1C(=O)NCc1ccccc1)Nc1ccccc1C(=O)c1ccccc1. The van der Waals surface area contributed by atoms with Gasteiger partial charge in [0, 0.05) is 17.7 Å². The smallest absolute Gasteiger partial charge is 0.262 e. The van der Waals surface area contributed by atoms with Crippen molar-refractivity contribution in [1.29, 1.82) is 0 Å². The fourth-order valence-electron chi connectivity index (χ4n) is 3.52. The van der Waals surface area contributed by atoms with E-state index < -0.39 is 5.91 Å². The molecule has 4 rings (SSSR count). The Bertz CT molecular complexity index is 1320. The van der Waals surface area contributed by atoms with E-state index in [9.17, 15) is 14.4 Å². The van der Waals surface area contributed by atoms with Crippen molar-refractivity contribution in [2.45, 2.75) is 6.54 Å². The predicted octanol–water partition coefficient (Wildman–Crippen LogP) is 4.87. The van der Waals surface area contributed by atoms with Crippen LogP contribution in [0, 0.1) is 0 Å². The molecule has 0 spiro atoms. The maximum absolute atomic E-state index is 12.9. The molecule has 35 heavy (non-hydrogen) atoms. The van der Waals surface area contributed by atoms with Crippen molar-refractivity contribution in [3.05, 3.63) is 131 Å². The van der Waals surface area contributed by atoms with Crippen LogP contribution in [-0.4, -0.2) is 24.2 Å². The maximum atomic E-state index is 12.9. The van der Waals surface area contributed by atoms with Crippen LogP contribution in [0.4, 0.5) is 5.69 Å². The van der Waals surface area contributed by atoms with Gasteiger partial charge in [-0.2, -0.15) is 0 Å². The number of rotatable bonds is 9. The van der Waals surface area contributed by atoms with Gasteiger partial charge in [-0.1, -0.05) is 84.9 Å². The molecule has 0 heterocycles. The number of benzene rings is 4. The van der Waals surface area contributed by atoms with Crippen molar-refractivity contribution in [2.24, 2.45) is 0 Å². The molecular weight excluding hydrogens is 440 g/mol. The third kappa shape index (κ3) is 6.21. The highest BCUT2D eigenvalue weighted by molar-refractivity contribution is 6.13. The van der Waals surface area contributed by atoms with Crippen LogP contribution in [0.2, 0.25) is 0 Å². The van der Waals surface area contributed by atoms with Crippen molar-refractivity contribution in [1.82, 2.24) is 5.32 Å². The fraction of sp³-hybridized carbons (Fsp3) is 0.0690. The second-order valence-corrected chi connectivity index (χ2v) is 7.74. The number of para-hydroxylation sites is 2. The highest BCUT2D eigenvalue weighted by Gasteiger charge is 2.16. The summed E-state index contributed by atoms with van der Waals surface area (Å²) in [6.45, 7) is 0.0531. The normalized spacial score (nSPS) is 10.3. The van der Waals surface area contributed by atoms with E-state index in [2.05, 4.69) is 10.6 Å². The lowest BCUT2D eigenvalue weighted by Crippen LogP contribution is -2.25. The first-order valence-electron chi connectivity index (χ1n) is 11.1. The number of nitrogens with one attached hydrogen (secondary N) is 2. The lowest BCUT2D eigenvalue weighted by molar-refractivity contribution is -0.118. The zero-order valence-corrected chi connectivity index (χ0v) is 18.9. The quantitative estimate of drug-likeness (QED) is 0.346. The summed E-state index contributed by atoms with van der Waals surface area (Å²) in [7, 11) is 0. The molecule has 6 heteroatoms. The molecule has 0 aromatic heterocycles. The Labute approximate surface area is 203 Å². The van der Waals surface area contributed by atoms with Crippen LogP contribution in [-0.2, 0) is 11.3 Å². The first-order chi connectivity index (χ1) is 17.1. The molecular formula is C29H24N2O4. The largest absolute Gasteiger partial charge is 0.483 e. The van der Waals surface area contributed by atoms with Gasteiger partial charge in [-0.25, -0.2) is 0 Å². The zero-order valence-electron chi connectivity index (χ0n) is 18.9. The van der Waals surface area contributed by atoms with E-state index in [1.807, 2.05) is 36.4 Å². The lowest BCUT2D eigenvalue weighted by atomic mass is 10.0. The summed E-state index contributed by atoms with van der Waals surface area (Å²) in [6, 6.07) is 32.0. The molecule has 2 amide bonds. The third-order valence-corrected chi connectivity index (χ3v) is 5.27. The van der Waals surface area contributed by atoms with Crippen LogP contribution < -0.4 is 15.4 Å². The summed E-state index contributed by atoms with van der Waals surface area (Å²) in [5.74, 6) is -0.647. The molecule has 0 fully saturated rings. The number of hydrogen-bond acceptors (Lipinski definition) is 4. The molecule has 0 radical (unpaired) electrons. The molecule has 0 atom stereocenters. The second-order valence-electron chi connectivity index (χ2n) is 7.74. The molecule has 0 saturated carbocycles. The van der Waals surface area contributed by atoms with Gasteiger partial charge >= 0.3 is 0 Å². The number of carbonyl (C=O) groups excluding carboxylic acids is 3. The van der Waals surface area contributed by atoms with Crippen molar-refractivity contribution < 1.29 is 19.1 Å². The van der Waals surface area contributed by atoms with Crippen LogP contribution in [0.25, 0.3) is 0 Å². The number of ether oxygens (including phenoxy) is 1. The van der Waals surface area contributed by atoms with Gasteiger partial charge in [0.2, 0.25) is 0 Å². The summed E-state index contributed by atoms with van der Waals surface area (Å²) in [4.78, 5) is 38.2. The maximum Gasteiger partial charge on any atom is 0.262 e. The van der Waals surface area contributed by atoms with E-state index in [1.54, 1.807) is 72.8 Å². The van der Waals surface area contributed by atoms with Crippen molar-refractivity contribution >= 4 is 23.3 Å². The van der Waals surface area contributed by atoms with E-state index in [1.165, 1.54) is 0 Å². The zero-order chi connectivity index (χ0) is 24.5. The first kappa shape index (κ1) is 23.4. The van der Waals surface area contributed by atoms with Crippen LogP contribution in [0.1, 0.15) is 31.8 Å². The van der Waals surface area contributed by atoms with Crippen molar-refractivity contribution in [3.63, 3.8) is 0 Å². The van der Waals surface area contributed by atoms with Gasteiger partial charge in [-0.05, 0) is 29.8 Å². The summed E-state index contributed by atoms with van der Waals surface area (Å²) >= 11 is 0. The van der Waals surface area contributed by atoms with Gasteiger partial charge in [-0.3, -0.25) is 14.4 Å². The van der Waals surface area contributed by atoms with E-state index in [-0.39, 0.29) is 18.3 Å². The van der Waals surface area contributed by atoms with Gasteiger partial charge in [-0.15, -0.1) is 0 Å². The van der Waals surface area contributed by atoms with E-state index in [4.69, 9.17) is 4.74 Å². The lowest BCUT2D eigenvalue weighted by Gasteiger charge is -2.13. The summed E-state index contributed by atoms with van der Waals surface area (Å²) < 4.78 is 5.67. The summed E-state index contributed by atoms with van der Waals surface area (Å²) in [6.07, 6.45) is 0. The molecule has 0 aliphatic rings. The van der Waals surface area contributed by atoms with Crippen LogP contribution >= 0.6 is 0 Å². The Morgan fingerprint density at radius 3 is 2.00 bits per heavy atom. The van der Waals surface area contributed by atoms with Crippen LogP contribution in [0.15, 0.2) is 109 Å². The fourth-order valence-corrected chi connectivity index (χ4v) is 3.52. The molecule has 4 aromatic rings. The predicted molar refractivity (Wildman–Crippen MR) is 134 cm³/mol. The minimum absolute atomic E-state index is 0.192. The van der Waals surface area contributed by atoms with E-state index in [0.29, 0.717) is 34.7 Å². The summed E-state index contributed by atoms with van der Waals surface area (Å²) in [5.41, 5.74) is 2.61. The summed E-state index contributed by atoms with van der Waals surface area (Å²) in [5, 5.41) is 5.60. The van der Waals surface area contributed by atoms with Gasteiger partial charge in [0.25, 0.3) is 11.8 Å². The first-order valence-corrected chi connectivity index (χ1v) is 11.1. The Morgan fingerprint density at radius 2 is 1.26 bits per heavy atom. The molecule has 174 valence electrons. The van der Waals surface area contributed by atoms with Crippen molar-refractivity contribution in [2.75, 3.05) is 11.9 Å². The van der Waals surface area contributed by atoms with Gasteiger partial charge in [0.15, 0.2) is 12.4 Å². The Balaban J connectivity index is 1.39. The highest BCUT2D eigenvalue weighted by atomic mass is 16.5. The minimum atomic E-state index is -0.446. The molecule has 6 nitrogen and oxygen atoms in total. The van der Waals surface area contributed by atoms with E-state index in [0.717, 1.165) is 5.56 Å². The van der Waals surface area contributed by atoms with Crippen LogP contribution in [0.3, 0.4) is 0 Å². The Morgan fingerprint density at radius 1 is 0.657 bits per heavy atom. The molecule has 4 aromatic carbocycles. The Kier molecular flexibility index (Phi) is 7.66. The third-order valence-electron chi connectivity index (χ3n) is 5.27. The van der Waals surface area contributed by atoms with Crippen molar-refractivity contribution in [3.8, 4) is 5.75 Å². The number of ketones is 1. The van der Waals surface area contributed by atoms with Gasteiger partial charge in [0.1, 0.15) is 5.75 Å². The molecule has 0 saturated heterocycles. The highest BCUT2D eigenvalue weighted by Crippen LogP contribution is 2.21. The van der Waals surface area contributed by atoms with Crippen LogP contribution in [0.5, 0.6) is 5.75 Å². The van der Waals surface area contributed by atoms with Gasteiger partial charge in [0.05, 0.1) is 11.3 Å². The molecule has 0 bridgehead atoms. The monoisotopic (exact) mass is 464 g/mol. The molecule has 0 unspecified atom stereocenters. The molecule has 0 aliphatic heterocycles. The standard InChI is InChI=1S/C29H24N2O4/c32-27(31-25-17-9-7-15-23(25)28(33)22-13-5-2-6-14-22)20-35-26-18-10-8-16-24(26)29(34)30-19-21-11-3-1-4-12-21/h1-18H,19-20H2,(H,30,34)(H,31,32). The molecule has 0 aliphatic carbocycles. The average Bonchev–Trinajstić information content (AvgIpc) is 2.92. The second kappa shape index (κ2) is 11.4. The number of amides is 2. The number of anilines is 1.